The molecule has 0 bridgehead atoms. The van der Waals surface area contributed by atoms with Crippen LogP contribution in [0.4, 0.5) is 0 Å². The Morgan fingerprint density at radius 2 is 1.12 bits per heavy atom. The zero-order chi connectivity index (χ0) is 24.7. The third kappa shape index (κ3) is 10.5. The molecule has 0 radical (unpaired) electrons. The van der Waals surface area contributed by atoms with Crippen molar-refractivity contribution >= 4 is 20.9 Å². The molecule has 4 heteroatoms. The molecular weight excluding hydrogens is 440 g/mol. The molecule has 0 heterocycles. The number of unbranched alkanes of at least 4 members (excludes halogenated alkanes) is 14. The summed E-state index contributed by atoms with van der Waals surface area (Å²) >= 11 is 0. The molecule has 0 saturated heterocycles. The van der Waals surface area contributed by atoms with Gasteiger partial charge in [-0.1, -0.05) is 128 Å². The van der Waals surface area contributed by atoms with Gasteiger partial charge in [0.05, 0.1) is 0 Å². The first-order valence-electron chi connectivity index (χ1n) is 14.0. The smallest absolute Gasteiger partial charge is 0.282 e. The van der Waals surface area contributed by atoms with Gasteiger partial charge in [0, 0.05) is 5.39 Å². The number of aryl methyl sites for hydroxylation is 2. The molecule has 2 aromatic carbocycles. The largest absolute Gasteiger partial charge is 0.295 e. The van der Waals surface area contributed by atoms with Crippen LogP contribution in [0.15, 0.2) is 35.2 Å². The number of rotatable bonds is 19. The van der Waals surface area contributed by atoms with Crippen molar-refractivity contribution in [2.45, 2.75) is 134 Å². The third-order valence-corrected chi connectivity index (χ3v) is 7.90. The van der Waals surface area contributed by atoms with Gasteiger partial charge in [-0.15, -0.1) is 0 Å². The van der Waals surface area contributed by atoms with E-state index in [2.05, 4.69) is 26.0 Å². The molecule has 192 valence electrons. The van der Waals surface area contributed by atoms with E-state index in [-0.39, 0.29) is 4.90 Å². The highest BCUT2D eigenvalue weighted by Crippen LogP contribution is 2.29. The first-order chi connectivity index (χ1) is 16.5. The summed E-state index contributed by atoms with van der Waals surface area (Å²) in [7, 11) is -4.26. The number of hydrogen-bond donors (Lipinski definition) is 1. The van der Waals surface area contributed by atoms with Crippen LogP contribution < -0.4 is 0 Å². The molecule has 1 N–H and O–H groups in total. The first kappa shape index (κ1) is 28.8. The Bertz CT molecular complexity index is 933. The average molecular weight is 489 g/mol. The second-order valence-corrected chi connectivity index (χ2v) is 11.4. The monoisotopic (exact) mass is 488 g/mol. The topological polar surface area (TPSA) is 54.4 Å². The summed E-state index contributed by atoms with van der Waals surface area (Å²) in [6.45, 7) is 4.49. The summed E-state index contributed by atoms with van der Waals surface area (Å²) in [6, 6.07) is 9.74. The maximum atomic E-state index is 12.2. The van der Waals surface area contributed by atoms with Crippen LogP contribution in [0.3, 0.4) is 0 Å². The van der Waals surface area contributed by atoms with Crippen molar-refractivity contribution in [1.29, 1.82) is 0 Å². The second-order valence-electron chi connectivity index (χ2n) is 10.0. The Labute approximate surface area is 209 Å². The Hall–Kier alpha value is -1.39. The van der Waals surface area contributed by atoms with Gasteiger partial charge in [-0.25, -0.2) is 0 Å². The molecule has 0 saturated carbocycles. The molecule has 34 heavy (non-hydrogen) atoms. The lowest BCUT2D eigenvalue weighted by Gasteiger charge is -2.13. The van der Waals surface area contributed by atoms with E-state index in [1.807, 2.05) is 12.1 Å². The summed E-state index contributed by atoms with van der Waals surface area (Å²) in [6.07, 6.45) is 22.1. The fourth-order valence-corrected chi connectivity index (χ4v) is 5.72. The van der Waals surface area contributed by atoms with Crippen molar-refractivity contribution in [1.82, 2.24) is 0 Å². The van der Waals surface area contributed by atoms with Gasteiger partial charge in [-0.05, 0) is 48.3 Å². The molecule has 2 aromatic rings. The third-order valence-electron chi connectivity index (χ3n) is 7.00. The maximum absolute atomic E-state index is 12.2. The van der Waals surface area contributed by atoms with E-state index in [0.717, 1.165) is 36.6 Å². The van der Waals surface area contributed by atoms with Crippen LogP contribution in [0.2, 0.25) is 0 Å². The SMILES string of the molecule is CCCCCCCCCCc1cc(S(=O)(=O)O)c2cccc(CCCCCCCCCC)c2c1. The van der Waals surface area contributed by atoms with E-state index in [0.29, 0.717) is 5.39 Å². The molecule has 2 rings (SSSR count). The highest BCUT2D eigenvalue weighted by atomic mass is 32.2. The van der Waals surface area contributed by atoms with E-state index < -0.39 is 10.1 Å². The van der Waals surface area contributed by atoms with Gasteiger partial charge in [0.2, 0.25) is 0 Å². The van der Waals surface area contributed by atoms with Crippen molar-refractivity contribution in [3.05, 3.63) is 41.5 Å². The Kier molecular flexibility index (Phi) is 13.8. The van der Waals surface area contributed by atoms with Gasteiger partial charge in [0.25, 0.3) is 10.1 Å². The van der Waals surface area contributed by atoms with E-state index in [4.69, 9.17) is 0 Å². The van der Waals surface area contributed by atoms with Crippen LogP contribution in [0.25, 0.3) is 10.8 Å². The maximum Gasteiger partial charge on any atom is 0.295 e. The Morgan fingerprint density at radius 1 is 0.618 bits per heavy atom. The molecular formula is C30H48O3S. The predicted molar refractivity (Wildman–Crippen MR) is 146 cm³/mol. The van der Waals surface area contributed by atoms with Gasteiger partial charge < -0.3 is 0 Å². The molecule has 3 nitrogen and oxygen atoms in total. The number of fused-ring (bicyclic) bond motifs is 1. The lowest BCUT2D eigenvalue weighted by atomic mass is 9.95. The molecule has 0 unspecified atom stereocenters. The van der Waals surface area contributed by atoms with Crippen LogP contribution in [0, 0.1) is 0 Å². The summed E-state index contributed by atoms with van der Waals surface area (Å²) < 4.78 is 34.3. The summed E-state index contributed by atoms with van der Waals surface area (Å²) in [5.41, 5.74) is 2.22. The van der Waals surface area contributed by atoms with Crippen molar-refractivity contribution in [2.24, 2.45) is 0 Å². The molecule has 0 atom stereocenters. The van der Waals surface area contributed by atoms with Crippen LogP contribution >= 0.6 is 0 Å². The van der Waals surface area contributed by atoms with Crippen LogP contribution in [-0.2, 0) is 23.0 Å². The standard InChI is InChI=1S/C30H48O3S/c1-3-5-7-9-11-13-15-17-20-26-24-29-27(21-18-16-14-12-10-8-6-4-2)22-19-23-28(29)30(25-26)34(31,32)33/h19,22-25H,3-18,20-21H2,1-2H3,(H,31,32,33). The zero-order valence-corrected chi connectivity index (χ0v) is 22.6. The summed E-state index contributed by atoms with van der Waals surface area (Å²) in [5.74, 6) is 0. The van der Waals surface area contributed by atoms with Gasteiger partial charge in [-0.2, -0.15) is 8.42 Å². The minimum atomic E-state index is -4.26. The molecule has 0 aromatic heterocycles. The average Bonchev–Trinajstić information content (AvgIpc) is 2.81. The molecule has 0 aliphatic heterocycles. The van der Waals surface area contributed by atoms with Gasteiger partial charge >= 0.3 is 0 Å². The van der Waals surface area contributed by atoms with Crippen molar-refractivity contribution in [2.75, 3.05) is 0 Å². The van der Waals surface area contributed by atoms with Crippen molar-refractivity contribution in [3.63, 3.8) is 0 Å². The van der Waals surface area contributed by atoms with Crippen molar-refractivity contribution in [3.8, 4) is 0 Å². The minimum Gasteiger partial charge on any atom is -0.282 e. The highest BCUT2D eigenvalue weighted by Gasteiger charge is 2.17. The summed E-state index contributed by atoms with van der Waals surface area (Å²) in [4.78, 5) is 0.0670. The zero-order valence-electron chi connectivity index (χ0n) is 21.8. The van der Waals surface area contributed by atoms with Crippen LogP contribution in [-0.4, -0.2) is 13.0 Å². The van der Waals surface area contributed by atoms with Gasteiger partial charge in [0.15, 0.2) is 0 Å². The first-order valence-corrected chi connectivity index (χ1v) is 15.4. The van der Waals surface area contributed by atoms with E-state index in [1.54, 1.807) is 6.07 Å². The fourth-order valence-electron chi connectivity index (χ4n) is 4.96. The highest BCUT2D eigenvalue weighted by molar-refractivity contribution is 7.86. The van der Waals surface area contributed by atoms with E-state index >= 15 is 0 Å². The van der Waals surface area contributed by atoms with Gasteiger partial charge in [0.1, 0.15) is 4.90 Å². The number of hydrogen-bond acceptors (Lipinski definition) is 2. The molecule has 0 aliphatic rings. The lowest BCUT2D eigenvalue weighted by Crippen LogP contribution is -2.02. The second kappa shape index (κ2) is 16.3. The Morgan fingerprint density at radius 3 is 1.65 bits per heavy atom. The van der Waals surface area contributed by atoms with E-state index in [1.165, 1.54) is 95.5 Å². The Balaban J connectivity index is 1.99. The van der Waals surface area contributed by atoms with E-state index in [9.17, 15) is 13.0 Å². The molecule has 0 spiro atoms. The summed E-state index contributed by atoms with van der Waals surface area (Å²) in [5, 5.41) is 1.65. The van der Waals surface area contributed by atoms with Crippen molar-refractivity contribution < 1.29 is 13.0 Å². The van der Waals surface area contributed by atoms with Gasteiger partial charge in [-0.3, -0.25) is 4.55 Å². The predicted octanol–water partition coefficient (Wildman–Crippen LogP) is 9.45. The fraction of sp³-hybridized carbons (Fsp3) is 0.667. The molecule has 0 aliphatic carbocycles. The quantitative estimate of drug-likeness (QED) is 0.158. The van der Waals surface area contributed by atoms with Crippen LogP contribution in [0.1, 0.15) is 128 Å². The lowest BCUT2D eigenvalue weighted by molar-refractivity contribution is 0.484. The minimum absolute atomic E-state index is 0.0670. The van der Waals surface area contributed by atoms with Crippen LogP contribution in [0.5, 0.6) is 0 Å². The number of benzene rings is 2. The molecule has 0 amide bonds. The molecule has 0 fully saturated rings. The normalized spacial score (nSPS) is 12.0.